The zero-order valence-electron chi connectivity index (χ0n) is 15.7. The molecule has 1 amide bonds. The van der Waals surface area contributed by atoms with Gasteiger partial charge in [-0.2, -0.15) is 4.98 Å². The first kappa shape index (κ1) is 20.6. The summed E-state index contributed by atoms with van der Waals surface area (Å²) in [6.07, 6.45) is -4.68. The largest absolute Gasteiger partial charge is 0.573 e. The fourth-order valence-electron chi connectivity index (χ4n) is 2.85. The molecule has 10 heteroatoms. The number of thiophene rings is 1. The van der Waals surface area contributed by atoms with Gasteiger partial charge in [-0.25, -0.2) is 0 Å². The monoisotopic (exact) mass is 445 g/mol. The highest BCUT2D eigenvalue weighted by molar-refractivity contribution is 7.13. The highest BCUT2D eigenvalue weighted by Gasteiger charge is 2.33. The van der Waals surface area contributed by atoms with Crippen LogP contribution >= 0.6 is 11.3 Å². The Kier molecular flexibility index (Phi) is 5.72. The fourth-order valence-corrected chi connectivity index (χ4v) is 3.50. The van der Waals surface area contributed by atoms with E-state index in [2.05, 4.69) is 20.2 Å². The van der Waals surface area contributed by atoms with E-state index in [-0.39, 0.29) is 12.0 Å². The van der Waals surface area contributed by atoms with Crippen LogP contribution in [0.15, 0.2) is 70.6 Å². The summed E-state index contributed by atoms with van der Waals surface area (Å²) < 4.78 is 47.2. The predicted octanol–water partition coefficient (Wildman–Crippen LogP) is 5.54. The van der Waals surface area contributed by atoms with Gasteiger partial charge in [-0.3, -0.25) is 4.79 Å². The summed E-state index contributed by atoms with van der Waals surface area (Å²) in [5.41, 5.74) is 0.823. The van der Waals surface area contributed by atoms with E-state index in [9.17, 15) is 18.0 Å². The van der Waals surface area contributed by atoms with Gasteiger partial charge in [-0.15, -0.1) is 24.5 Å². The molecule has 0 unspecified atom stereocenters. The average Bonchev–Trinajstić information content (AvgIpc) is 3.40. The Morgan fingerprint density at radius 3 is 2.61 bits per heavy atom. The zero-order valence-corrected chi connectivity index (χ0v) is 16.5. The smallest absolute Gasteiger partial charge is 0.405 e. The molecule has 6 nitrogen and oxygen atoms in total. The number of benzene rings is 2. The molecule has 1 N–H and O–H groups in total. The number of alkyl halides is 3. The fraction of sp³-hybridized carbons (Fsp3) is 0.0952. The van der Waals surface area contributed by atoms with Crippen molar-refractivity contribution in [2.45, 2.75) is 12.8 Å². The van der Waals surface area contributed by atoms with E-state index in [4.69, 9.17) is 4.52 Å². The van der Waals surface area contributed by atoms with E-state index in [1.165, 1.54) is 29.5 Å². The van der Waals surface area contributed by atoms with Crippen LogP contribution in [0.25, 0.3) is 10.7 Å². The molecule has 0 aliphatic heterocycles. The van der Waals surface area contributed by atoms with Gasteiger partial charge in [-0.05, 0) is 35.2 Å². The second kappa shape index (κ2) is 8.60. The Morgan fingerprint density at radius 1 is 1.06 bits per heavy atom. The van der Waals surface area contributed by atoms with Crippen LogP contribution in [-0.2, 0) is 6.42 Å². The summed E-state index contributed by atoms with van der Waals surface area (Å²) in [4.78, 5) is 17.9. The Hall–Kier alpha value is -3.66. The Labute approximate surface area is 178 Å². The molecule has 0 aliphatic carbocycles. The SMILES string of the molecule is O=C(Nc1ccccc1Cc1nc(-c2cccs2)no1)c1ccccc1OC(F)(F)F. The number of para-hydroxylation sites is 2. The molecule has 158 valence electrons. The van der Waals surface area contributed by atoms with E-state index < -0.39 is 18.0 Å². The molecular weight excluding hydrogens is 431 g/mol. The van der Waals surface area contributed by atoms with E-state index in [1.807, 2.05) is 17.5 Å². The van der Waals surface area contributed by atoms with E-state index in [0.717, 1.165) is 10.9 Å². The molecule has 2 aromatic carbocycles. The van der Waals surface area contributed by atoms with Crippen molar-refractivity contribution in [3.8, 4) is 16.5 Å². The summed E-state index contributed by atoms with van der Waals surface area (Å²) in [6.45, 7) is 0. The van der Waals surface area contributed by atoms with Crippen molar-refractivity contribution >= 4 is 22.9 Å². The van der Waals surface area contributed by atoms with Crippen LogP contribution in [0, 0.1) is 0 Å². The third-order valence-electron chi connectivity index (χ3n) is 4.17. The zero-order chi connectivity index (χ0) is 21.8. The molecule has 0 radical (unpaired) electrons. The van der Waals surface area contributed by atoms with Crippen molar-refractivity contribution in [3.63, 3.8) is 0 Å². The lowest BCUT2D eigenvalue weighted by Gasteiger charge is -2.14. The Bertz CT molecular complexity index is 1190. The van der Waals surface area contributed by atoms with Crippen LogP contribution in [0.3, 0.4) is 0 Å². The van der Waals surface area contributed by atoms with E-state index in [1.54, 1.807) is 24.3 Å². The number of ether oxygens (including phenoxy) is 1. The second-order valence-electron chi connectivity index (χ2n) is 6.32. The van der Waals surface area contributed by atoms with Gasteiger partial charge in [0.1, 0.15) is 5.75 Å². The van der Waals surface area contributed by atoms with Crippen molar-refractivity contribution in [2.75, 3.05) is 5.32 Å². The maximum absolute atomic E-state index is 12.7. The molecule has 0 fully saturated rings. The summed E-state index contributed by atoms with van der Waals surface area (Å²) in [5.74, 6) is -0.518. The molecule has 0 saturated carbocycles. The number of hydrogen-bond donors (Lipinski definition) is 1. The number of nitrogens with one attached hydrogen (secondary N) is 1. The Morgan fingerprint density at radius 2 is 1.84 bits per heavy atom. The predicted molar refractivity (Wildman–Crippen MR) is 108 cm³/mol. The normalized spacial score (nSPS) is 11.3. The third-order valence-corrected chi connectivity index (χ3v) is 5.04. The van der Waals surface area contributed by atoms with Gasteiger partial charge < -0.3 is 14.6 Å². The summed E-state index contributed by atoms with van der Waals surface area (Å²) in [7, 11) is 0. The lowest BCUT2D eigenvalue weighted by atomic mass is 10.1. The first-order valence-corrected chi connectivity index (χ1v) is 9.87. The highest BCUT2D eigenvalue weighted by atomic mass is 32.1. The number of rotatable bonds is 6. The number of amides is 1. The minimum atomic E-state index is -4.91. The Balaban J connectivity index is 1.54. The van der Waals surface area contributed by atoms with Gasteiger partial charge >= 0.3 is 6.36 Å². The minimum absolute atomic E-state index is 0.232. The summed E-state index contributed by atoms with van der Waals surface area (Å²) in [6, 6.07) is 15.7. The van der Waals surface area contributed by atoms with Gasteiger partial charge in [0.05, 0.1) is 16.9 Å². The van der Waals surface area contributed by atoms with Gasteiger partial charge in [0.2, 0.25) is 11.7 Å². The minimum Gasteiger partial charge on any atom is -0.405 e. The number of nitrogens with zero attached hydrogens (tertiary/aromatic N) is 2. The molecule has 0 spiro atoms. The molecule has 2 heterocycles. The topological polar surface area (TPSA) is 77.3 Å². The van der Waals surface area contributed by atoms with Gasteiger partial charge in [0.15, 0.2) is 0 Å². The molecule has 2 aromatic heterocycles. The maximum atomic E-state index is 12.7. The van der Waals surface area contributed by atoms with Gasteiger partial charge in [0.25, 0.3) is 5.91 Å². The van der Waals surface area contributed by atoms with Crippen LogP contribution in [0.2, 0.25) is 0 Å². The number of carbonyl (C=O) groups excluding carboxylic acids is 1. The highest BCUT2D eigenvalue weighted by Crippen LogP contribution is 2.28. The second-order valence-corrected chi connectivity index (χ2v) is 7.27. The van der Waals surface area contributed by atoms with Crippen LogP contribution in [0.4, 0.5) is 18.9 Å². The summed E-state index contributed by atoms with van der Waals surface area (Å²) in [5, 5.41) is 8.49. The quantitative estimate of drug-likeness (QED) is 0.422. The molecular formula is C21H14F3N3O3S. The van der Waals surface area contributed by atoms with Crippen LogP contribution in [-0.4, -0.2) is 22.4 Å². The maximum Gasteiger partial charge on any atom is 0.573 e. The lowest BCUT2D eigenvalue weighted by molar-refractivity contribution is -0.274. The van der Waals surface area contributed by atoms with Gasteiger partial charge in [-0.1, -0.05) is 41.6 Å². The molecule has 4 rings (SSSR count). The first-order chi connectivity index (χ1) is 14.9. The third kappa shape index (κ3) is 5.10. The average molecular weight is 445 g/mol. The molecule has 0 aliphatic rings. The van der Waals surface area contributed by atoms with Gasteiger partial charge in [0, 0.05) is 5.69 Å². The number of anilines is 1. The molecule has 0 saturated heterocycles. The van der Waals surface area contributed by atoms with Crippen LogP contribution in [0.5, 0.6) is 5.75 Å². The molecule has 4 aromatic rings. The number of carbonyl (C=O) groups is 1. The number of halogens is 3. The number of aromatic nitrogens is 2. The van der Waals surface area contributed by atoms with Crippen molar-refractivity contribution in [1.82, 2.24) is 10.1 Å². The molecule has 31 heavy (non-hydrogen) atoms. The van der Waals surface area contributed by atoms with Crippen molar-refractivity contribution in [3.05, 3.63) is 83.1 Å². The van der Waals surface area contributed by atoms with Crippen molar-refractivity contribution in [2.24, 2.45) is 0 Å². The van der Waals surface area contributed by atoms with E-state index in [0.29, 0.717) is 23.0 Å². The first-order valence-electron chi connectivity index (χ1n) is 8.99. The van der Waals surface area contributed by atoms with Crippen molar-refractivity contribution < 1.29 is 27.2 Å². The van der Waals surface area contributed by atoms with Crippen molar-refractivity contribution in [1.29, 1.82) is 0 Å². The molecule has 0 atom stereocenters. The van der Waals surface area contributed by atoms with E-state index >= 15 is 0 Å². The molecule has 0 bridgehead atoms. The standard InChI is InChI=1S/C21H14F3N3O3S/c22-21(23,24)29-16-9-4-2-7-14(16)20(28)25-15-8-3-1-6-13(15)12-18-26-19(27-30-18)17-10-5-11-31-17/h1-11H,12H2,(H,25,28). The van der Waals surface area contributed by atoms with Crippen LogP contribution < -0.4 is 10.1 Å². The lowest BCUT2D eigenvalue weighted by Crippen LogP contribution is -2.21. The van der Waals surface area contributed by atoms with Crippen LogP contribution in [0.1, 0.15) is 21.8 Å². The summed E-state index contributed by atoms with van der Waals surface area (Å²) >= 11 is 1.48. The number of hydrogen-bond acceptors (Lipinski definition) is 6.